The number of nitrogens with one attached hydrogen (secondary N) is 2. The number of aliphatic imine (C=N–C) groups is 1. The molecule has 1 aliphatic heterocycles. The molecule has 0 saturated carbocycles. The number of hydrogen-bond donors (Lipinski definition) is 3. The number of aromatic nitrogens is 3. The van der Waals surface area contributed by atoms with Crippen molar-refractivity contribution in [3.63, 3.8) is 0 Å². The number of hydrogen-bond acceptors (Lipinski definition) is 6. The van der Waals surface area contributed by atoms with E-state index in [1.165, 1.54) is 12.1 Å². The molecule has 1 fully saturated rings. The Hall–Kier alpha value is -5.25. The maximum absolute atomic E-state index is 12.1. The van der Waals surface area contributed by atoms with E-state index in [2.05, 4.69) is 15.0 Å². The fraction of sp³-hybridized carbons (Fsp3) is 0.167. The first-order valence-corrected chi connectivity index (χ1v) is 12.9. The Morgan fingerprint density at radius 1 is 1.10 bits per heavy atom. The summed E-state index contributed by atoms with van der Waals surface area (Å²) in [5.41, 5.74) is 5.48. The number of carbonyl (C=O) groups is 1. The zero-order valence-electron chi connectivity index (χ0n) is 21.7. The Bertz CT molecular complexity index is 1770. The predicted octanol–water partition coefficient (Wildman–Crippen LogP) is 5.77. The molecule has 10 heteroatoms. The number of rotatable bonds is 7. The van der Waals surface area contributed by atoms with Crippen LogP contribution in [0.15, 0.2) is 77.9 Å². The van der Waals surface area contributed by atoms with Crippen LogP contribution >= 0.6 is 0 Å². The third kappa shape index (κ3) is 4.82. The van der Waals surface area contributed by atoms with Gasteiger partial charge < -0.3 is 20.0 Å². The van der Waals surface area contributed by atoms with Crippen molar-refractivity contribution in [3.8, 4) is 17.1 Å². The Labute approximate surface area is 229 Å². The summed E-state index contributed by atoms with van der Waals surface area (Å²) >= 11 is 0. The van der Waals surface area contributed by atoms with Gasteiger partial charge in [-0.25, -0.2) is 9.98 Å². The fourth-order valence-corrected chi connectivity index (χ4v) is 5.06. The van der Waals surface area contributed by atoms with Gasteiger partial charge in [0.1, 0.15) is 5.82 Å². The molecule has 1 amide bonds. The summed E-state index contributed by atoms with van der Waals surface area (Å²) < 4.78 is 0. The molecule has 0 radical (unpaired) electrons. The summed E-state index contributed by atoms with van der Waals surface area (Å²) in [5, 5.41) is 23.0. The maximum Gasteiger partial charge on any atom is 0.270 e. The van der Waals surface area contributed by atoms with Gasteiger partial charge in [0.25, 0.3) is 5.69 Å². The van der Waals surface area contributed by atoms with Crippen LogP contribution in [0.2, 0.25) is 0 Å². The van der Waals surface area contributed by atoms with Gasteiger partial charge in [-0.3, -0.25) is 14.9 Å². The number of likely N-dealkylation sites (tertiary alicyclic amines) is 1. The maximum atomic E-state index is 12.1. The number of nitro benzene ring substituents is 1. The van der Waals surface area contributed by atoms with E-state index in [4.69, 9.17) is 4.99 Å². The standard InChI is InChI=1S/C30H26N6O4/c1-18-31-16-26(32-18)20-8-10-22(11-9-20)33-29(21-6-4-19(5-7-21)17-35-14-2-3-27(35)37)28-24-15-23(36(39)40)12-13-25(24)34-30(28)38/h4-13,15-16,34,38H,2-3,14,17H2,1H3,(H,31,32). The third-order valence-corrected chi connectivity index (χ3v) is 7.10. The number of fused-ring (bicyclic) bond motifs is 1. The number of nitrogens with zero attached hydrogens (tertiary/aromatic N) is 4. The first-order chi connectivity index (χ1) is 19.4. The molecule has 6 rings (SSSR count). The second-order valence-corrected chi connectivity index (χ2v) is 9.84. The minimum absolute atomic E-state index is 0.0862. The normalized spacial score (nSPS) is 13.9. The Morgan fingerprint density at radius 3 is 2.52 bits per heavy atom. The highest BCUT2D eigenvalue weighted by Crippen LogP contribution is 2.34. The first-order valence-electron chi connectivity index (χ1n) is 12.9. The molecule has 3 N–H and O–H groups in total. The summed E-state index contributed by atoms with van der Waals surface area (Å²) in [4.78, 5) is 40.3. The lowest BCUT2D eigenvalue weighted by molar-refractivity contribution is -0.384. The van der Waals surface area contributed by atoms with E-state index < -0.39 is 4.92 Å². The van der Waals surface area contributed by atoms with E-state index in [9.17, 15) is 20.0 Å². The van der Waals surface area contributed by atoms with Gasteiger partial charge in [0.15, 0.2) is 5.88 Å². The van der Waals surface area contributed by atoms with Crippen molar-refractivity contribution in [3.05, 3.63) is 106 Å². The lowest BCUT2D eigenvalue weighted by Crippen LogP contribution is -2.23. The average molecular weight is 535 g/mol. The molecule has 0 spiro atoms. The average Bonchev–Trinajstić information content (AvgIpc) is 3.66. The van der Waals surface area contributed by atoms with Gasteiger partial charge >= 0.3 is 0 Å². The van der Waals surface area contributed by atoms with Gasteiger partial charge in [-0.15, -0.1) is 0 Å². The highest BCUT2D eigenvalue weighted by Gasteiger charge is 2.22. The van der Waals surface area contributed by atoms with Crippen LogP contribution in [0.3, 0.4) is 0 Å². The highest BCUT2D eigenvalue weighted by atomic mass is 16.6. The molecule has 40 heavy (non-hydrogen) atoms. The van der Waals surface area contributed by atoms with Gasteiger partial charge in [-0.05, 0) is 42.7 Å². The quantitative estimate of drug-likeness (QED) is 0.138. The molecular formula is C30H26N6O4. The Morgan fingerprint density at radius 2 is 1.88 bits per heavy atom. The molecule has 200 valence electrons. The lowest BCUT2D eigenvalue weighted by Gasteiger charge is -2.16. The molecule has 0 aliphatic carbocycles. The molecule has 1 aliphatic rings. The van der Waals surface area contributed by atoms with Gasteiger partial charge in [-0.1, -0.05) is 36.4 Å². The van der Waals surface area contributed by atoms with Crippen LogP contribution in [0.4, 0.5) is 11.4 Å². The van der Waals surface area contributed by atoms with Crippen LogP contribution in [0.5, 0.6) is 5.88 Å². The summed E-state index contributed by atoms with van der Waals surface area (Å²) in [5.74, 6) is 0.844. The van der Waals surface area contributed by atoms with Crippen molar-refractivity contribution in [1.82, 2.24) is 19.9 Å². The van der Waals surface area contributed by atoms with Crippen LogP contribution < -0.4 is 0 Å². The van der Waals surface area contributed by atoms with Crippen LogP contribution in [0.25, 0.3) is 22.2 Å². The van der Waals surface area contributed by atoms with E-state index in [-0.39, 0.29) is 17.5 Å². The molecule has 3 aromatic carbocycles. The number of imidazole rings is 1. The van der Waals surface area contributed by atoms with Crippen molar-refractivity contribution >= 4 is 33.9 Å². The van der Waals surface area contributed by atoms with E-state index >= 15 is 0 Å². The SMILES string of the molecule is Cc1ncc(-c2ccc(N=C(c3ccc(CN4CCCC4=O)cc3)c3c(O)[nH]c4ccc([N+](=O)[O-])cc34)cc2)[nH]1. The van der Waals surface area contributed by atoms with Gasteiger partial charge in [0.05, 0.1) is 33.8 Å². The molecule has 1 saturated heterocycles. The van der Waals surface area contributed by atoms with E-state index in [1.54, 1.807) is 12.3 Å². The molecule has 2 aromatic heterocycles. The Balaban J connectivity index is 1.44. The number of non-ortho nitro benzene ring substituents is 1. The molecule has 10 nitrogen and oxygen atoms in total. The van der Waals surface area contributed by atoms with Gasteiger partial charge in [0, 0.05) is 48.1 Å². The third-order valence-electron chi connectivity index (χ3n) is 7.10. The van der Waals surface area contributed by atoms with Crippen LogP contribution in [-0.2, 0) is 11.3 Å². The van der Waals surface area contributed by atoms with Gasteiger partial charge in [-0.2, -0.15) is 0 Å². The number of aryl methyl sites for hydroxylation is 1. The number of nitro groups is 1. The molecule has 3 heterocycles. The number of aromatic amines is 2. The smallest absolute Gasteiger partial charge is 0.270 e. The summed E-state index contributed by atoms with van der Waals surface area (Å²) in [6.07, 6.45) is 3.23. The second-order valence-electron chi connectivity index (χ2n) is 9.84. The largest absolute Gasteiger partial charge is 0.494 e. The predicted molar refractivity (Wildman–Crippen MR) is 152 cm³/mol. The van der Waals surface area contributed by atoms with E-state index in [1.807, 2.05) is 60.4 Å². The van der Waals surface area contributed by atoms with Crippen LogP contribution in [-0.4, -0.2) is 48.0 Å². The van der Waals surface area contributed by atoms with Crippen molar-refractivity contribution in [2.45, 2.75) is 26.3 Å². The fourth-order valence-electron chi connectivity index (χ4n) is 5.06. The monoisotopic (exact) mass is 534 g/mol. The van der Waals surface area contributed by atoms with Crippen molar-refractivity contribution in [1.29, 1.82) is 0 Å². The topological polar surface area (TPSA) is 141 Å². The van der Waals surface area contributed by atoms with Crippen molar-refractivity contribution in [2.24, 2.45) is 4.99 Å². The molecule has 0 unspecified atom stereocenters. The summed E-state index contributed by atoms with van der Waals surface area (Å²) in [6, 6.07) is 19.7. The van der Waals surface area contributed by atoms with Crippen molar-refractivity contribution in [2.75, 3.05) is 6.54 Å². The summed E-state index contributed by atoms with van der Waals surface area (Å²) in [7, 11) is 0. The second kappa shape index (κ2) is 10.1. The molecular weight excluding hydrogens is 508 g/mol. The summed E-state index contributed by atoms with van der Waals surface area (Å²) in [6.45, 7) is 3.18. The van der Waals surface area contributed by atoms with E-state index in [0.717, 1.165) is 35.6 Å². The minimum Gasteiger partial charge on any atom is -0.494 e. The zero-order chi connectivity index (χ0) is 27.8. The number of benzene rings is 3. The van der Waals surface area contributed by atoms with Crippen LogP contribution in [0, 0.1) is 17.0 Å². The number of H-pyrrole nitrogens is 2. The van der Waals surface area contributed by atoms with Crippen molar-refractivity contribution < 1.29 is 14.8 Å². The van der Waals surface area contributed by atoms with E-state index in [0.29, 0.717) is 46.4 Å². The Kier molecular flexibility index (Phi) is 6.35. The number of amides is 1. The zero-order valence-corrected chi connectivity index (χ0v) is 21.7. The lowest BCUT2D eigenvalue weighted by atomic mass is 9.99. The molecule has 0 atom stereocenters. The van der Waals surface area contributed by atoms with Crippen LogP contribution in [0.1, 0.15) is 35.4 Å². The minimum atomic E-state index is -0.464. The number of aromatic hydroxyl groups is 1. The van der Waals surface area contributed by atoms with Gasteiger partial charge in [0.2, 0.25) is 5.91 Å². The first kappa shape index (κ1) is 25.1. The highest BCUT2D eigenvalue weighted by molar-refractivity contribution is 6.22. The number of carbonyl (C=O) groups excluding carboxylic acids is 1. The molecule has 0 bridgehead atoms. The molecule has 5 aromatic rings.